The fourth-order valence-electron chi connectivity index (χ4n) is 3.67. The predicted octanol–water partition coefficient (Wildman–Crippen LogP) is 2.80. The molecule has 0 radical (unpaired) electrons. The first kappa shape index (κ1) is 15.4. The highest BCUT2D eigenvalue weighted by atomic mass is 19.1. The normalized spacial score (nSPS) is 23.8. The highest BCUT2D eigenvalue weighted by molar-refractivity contribution is 5.91. The molecular formula is C18H21FN2O3. The van der Waals surface area contributed by atoms with Crippen LogP contribution in [0.2, 0.25) is 0 Å². The van der Waals surface area contributed by atoms with Gasteiger partial charge in [-0.1, -0.05) is 0 Å². The Morgan fingerprint density at radius 1 is 1.12 bits per heavy atom. The summed E-state index contributed by atoms with van der Waals surface area (Å²) in [4.78, 5) is 15.4. The van der Waals surface area contributed by atoms with E-state index < -0.39 is 17.9 Å². The van der Waals surface area contributed by atoms with Gasteiger partial charge in [-0.2, -0.15) is 0 Å². The number of aliphatic hydroxyl groups is 1. The maximum Gasteiger partial charge on any atom is 0.336 e. The highest BCUT2D eigenvalue weighted by Crippen LogP contribution is 2.44. The van der Waals surface area contributed by atoms with Gasteiger partial charge in [-0.25, -0.2) is 9.18 Å². The molecule has 0 bridgehead atoms. The van der Waals surface area contributed by atoms with Gasteiger partial charge in [0, 0.05) is 36.6 Å². The molecule has 128 valence electrons. The van der Waals surface area contributed by atoms with E-state index in [0.717, 1.165) is 44.5 Å². The van der Waals surface area contributed by atoms with Crippen molar-refractivity contribution in [3.05, 3.63) is 35.3 Å². The number of halogens is 1. The van der Waals surface area contributed by atoms with Gasteiger partial charge >= 0.3 is 5.97 Å². The Balaban J connectivity index is 1.78. The molecule has 1 aliphatic carbocycles. The molecule has 0 aromatic heterocycles. The van der Waals surface area contributed by atoms with Crippen molar-refractivity contribution >= 4 is 17.3 Å². The Hall–Kier alpha value is -2.08. The molecule has 1 atom stereocenters. The summed E-state index contributed by atoms with van der Waals surface area (Å²) in [5.74, 6) is -1.56. The van der Waals surface area contributed by atoms with E-state index in [1.54, 1.807) is 6.07 Å². The first-order chi connectivity index (χ1) is 11.6. The van der Waals surface area contributed by atoms with E-state index in [1.807, 2.05) is 9.80 Å². The number of anilines is 2. The molecule has 6 heteroatoms. The number of aliphatic hydroxyl groups excluding tert-OH is 1. The molecule has 24 heavy (non-hydrogen) atoms. The second-order valence-corrected chi connectivity index (χ2v) is 6.84. The summed E-state index contributed by atoms with van der Waals surface area (Å²) >= 11 is 0. The van der Waals surface area contributed by atoms with Crippen LogP contribution in [0.15, 0.2) is 23.9 Å². The lowest BCUT2D eigenvalue weighted by Gasteiger charge is -2.34. The zero-order valence-corrected chi connectivity index (χ0v) is 13.4. The topological polar surface area (TPSA) is 64.0 Å². The first-order valence-electron chi connectivity index (χ1n) is 8.56. The van der Waals surface area contributed by atoms with Gasteiger partial charge in [0.15, 0.2) is 0 Å². The van der Waals surface area contributed by atoms with Gasteiger partial charge in [-0.05, 0) is 44.2 Å². The van der Waals surface area contributed by atoms with Gasteiger partial charge < -0.3 is 20.0 Å². The Morgan fingerprint density at radius 2 is 1.83 bits per heavy atom. The van der Waals surface area contributed by atoms with Crippen LogP contribution in [0.3, 0.4) is 0 Å². The van der Waals surface area contributed by atoms with E-state index in [0.29, 0.717) is 11.3 Å². The minimum absolute atomic E-state index is 0.0977. The summed E-state index contributed by atoms with van der Waals surface area (Å²) in [5, 5.41) is 19.7. The lowest BCUT2D eigenvalue weighted by molar-refractivity contribution is -0.133. The lowest BCUT2D eigenvalue weighted by Crippen LogP contribution is -2.32. The number of fused-ring (bicyclic) bond motifs is 1. The van der Waals surface area contributed by atoms with Crippen LogP contribution in [-0.4, -0.2) is 35.3 Å². The van der Waals surface area contributed by atoms with Crippen molar-refractivity contribution in [1.82, 2.24) is 0 Å². The second-order valence-electron chi connectivity index (χ2n) is 6.84. The number of piperidine rings is 1. The van der Waals surface area contributed by atoms with E-state index in [-0.39, 0.29) is 11.6 Å². The van der Waals surface area contributed by atoms with E-state index >= 15 is 0 Å². The molecule has 1 saturated carbocycles. The molecule has 1 unspecified atom stereocenters. The van der Waals surface area contributed by atoms with E-state index in [4.69, 9.17) is 0 Å². The van der Waals surface area contributed by atoms with Crippen molar-refractivity contribution in [2.24, 2.45) is 0 Å². The van der Waals surface area contributed by atoms with Crippen LogP contribution in [0, 0.1) is 5.82 Å². The minimum atomic E-state index is -1.29. The fourth-order valence-corrected chi connectivity index (χ4v) is 3.67. The van der Waals surface area contributed by atoms with E-state index in [1.165, 1.54) is 18.7 Å². The minimum Gasteiger partial charge on any atom is -0.478 e. The van der Waals surface area contributed by atoms with Crippen LogP contribution in [0.4, 0.5) is 15.8 Å². The third kappa shape index (κ3) is 2.55. The van der Waals surface area contributed by atoms with Crippen LogP contribution in [0.1, 0.15) is 43.8 Å². The third-order valence-electron chi connectivity index (χ3n) is 5.13. The molecule has 0 amide bonds. The van der Waals surface area contributed by atoms with Gasteiger partial charge in [0.2, 0.25) is 0 Å². The third-order valence-corrected chi connectivity index (χ3v) is 5.13. The molecule has 1 aromatic rings. The maximum absolute atomic E-state index is 14.7. The van der Waals surface area contributed by atoms with Crippen molar-refractivity contribution in [2.75, 3.05) is 22.9 Å². The number of carbonyl (C=O) groups is 1. The SMILES string of the molecule is O=C(O)C1=CN(C2CC2)c2cc(N3CCCCC3)c(F)cc2C1O. The fraction of sp³-hybridized carbons (Fsp3) is 0.500. The largest absolute Gasteiger partial charge is 0.478 e. The van der Waals surface area contributed by atoms with Crippen molar-refractivity contribution in [3.8, 4) is 0 Å². The summed E-state index contributed by atoms with van der Waals surface area (Å²) < 4.78 is 14.7. The van der Waals surface area contributed by atoms with Crippen LogP contribution in [-0.2, 0) is 4.79 Å². The zero-order chi connectivity index (χ0) is 16.8. The number of carboxylic acids is 1. The predicted molar refractivity (Wildman–Crippen MR) is 88.6 cm³/mol. The van der Waals surface area contributed by atoms with Crippen molar-refractivity contribution in [3.63, 3.8) is 0 Å². The maximum atomic E-state index is 14.7. The average Bonchev–Trinajstić information content (AvgIpc) is 3.40. The van der Waals surface area contributed by atoms with Gasteiger partial charge in [-0.3, -0.25) is 0 Å². The molecule has 1 saturated heterocycles. The Kier molecular flexibility index (Phi) is 3.72. The number of hydrogen-bond donors (Lipinski definition) is 2. The van der Waals surface area contributed by atoms with Gasteiger partial charge in [0.25, 0.3) is 0 Å². The first-order valence-corrected chi connectivity index (χ1v) is 8.56. The van der Waals surface area contributed by atoms with Crippen LogP contribution < -0.4 is 9.80 Å². The zero-order valence-electron chi connectivity index (χ0n) is 13.4. The molecule has 0 spiro atoms. The Labute approximate surface area is 140 Å². The number of benzene rings is 1. The molecule has 4 rings (SSSR count). The molecule has 2 fully saturated rings. The molecule has 2 aliphatic heterocycles. The monoisotopic (exact) mass is 332 g/mol. The number of nitrogens with zero attached hydrogens (tertiary/aromatic N) is 2. The summed E-state index contributed by atoms with van der Waals surface area (Å²) in [7, 11) is 0. The second kappa shape index (κ2) is 5.77. The van der Waals surface area contributed by atoms with E-state index in [9.17, 15) is 19.4 Å². The Bertz CT molecular complexity index is 708. The summed E-state index contributed by atoms with van der Waals surface area (Å²) in [5.41, 5.74) is 1.54. The summed E-state index contributed by atoms with van der Waals surface area (Å²) in [6.07, 6.45) is 5.46. The number of hydrogen-bond acceptors (Lipinski definition) is 4. The van der Waals surface area contributed by atoms with Crippen LogP contribution in [0.5, 0.6) is 0 Å². The Morgan fingerprint density at radius 3 is 2.46 bits per heavy atom. The molecule has 1 aromatic carbocycles. The quantitative estimate of drug-likeness (QED) is 0.891. The smallest absolute Gasteiger partial charge is 0.336 e. The number of aliphatic carboxylic acids is 1. The number of rotatable bonds is 3. The van der Waals surface area contributed by atoms with Gasteiger partial charge in [-0.15, -0.1) is 0 Å². The molecule has 2 heterocycles. The highest BCUT2D eigenvalue weighted by Gasteiger charge is 2.37. The van der Waals surface area contributed by atoms with Gasteiger partial charge in [0.1, 0.15) is 11.9 Å². The van der Waals surface area contributed by atoms with Crippen molar-refractivity contribution in [2.45, 2.75) is 44.2 Å². The summed E-state index contributed by atoms with van der Waals surface area (Å²) in [6.45, 7) is 1.66. The standard InChI is InChI=1S/C18H21FN2O3/c19-14-8-12-15(9-16(14)20-6-2-1-3-7-20)21(11-4-5-11)10-13(17(12)22)18(23)24/h8-11,17,22H,1-7H2,(H,23,24). The van der Waals surface area contributed by atoms with Gasteiger partial charge in [0.05, 0.1) is 11.3 Å². The molecular weight excluding hydrogens is 311 g/mol. The van der Waals surface area contributed by atoms with Crippen LogP contribution in [0.25, 0.3) is 0 Å². The van der Waals surface area contributed by atoms with Crippen molar-refractivity contribution < 1.29 is 19.4 Å². The van der Waals surface area contributed by atoms with Crippen LogP contribution >= 0.6 is 0 Å². The molecule has 3 aliphatic rings. The summed E-state index contributed by atoms with van der Waals surface area (Å²) in [6, 6.07) is 3.34. The number of carboxylic acid groups (broad SMARTS) is 1. The average molecular weight is 332 g/mol. The van der Waals surface area contributed by atoms with E-state index in [2.05, 4.69) is 0 Å². The van der Waals surface area contributed by atoms with Crippen molar-refractivity contribution in [1.29, 1.82) is 0 Å². The lowest BCUT2D eigenvalue weighted by atomic mass is 9.95. The molecule has 5 nitrogen and oxygen atoms in total. The molecule has 2 N–H and O–H groups in total.